The minimum Gasteiger partial charge on any atom is -0.310 e. The highest BCUT2D eigenvalue weighted by Crippen LogP contribution is 2.31. The molecule has 0 aliphatic carbocycles. The number of fused-ring (bicyclic) bond motifs is 1. The van der Waals surface area contributed by atoms with Crippen LogP contribution < -0.4 is 5.32 Å². The second-order valence-corrected chi connectivity index (χ2v) is 8.33. The number of pyridine rings is 3. The molecule has 0 saturated carbocycles. The van der Waals surface area contributed by atoms with E-state index >= 15 is 0 Å². The van der Waals surface area contributed by atoms with Crippen molar-refractivity contribution in [2.24, 2.45) is 0 Å². The van der Waals surface area contributed by atoms with Crippen molar-refractivity contribution in [1.82, 2.24) is 19.4 Å². The van der Waals surface area contributed by atoms with Gasteiger partial charge in [-0.1, -0.05) is 24.3 Å². The normalized spacial score (nSPS) is 11.6. The van der Waals surface area contributed by atoms with E-state index in [1.54, 1.807) is 18.6 Å². The van der Waals surface area contributed by atoms with Crippen LogP contribution in [0, 0.1) is 6.92 Å². The van der Waals surface area contributed by atoms with Gasteiger partial charge in [0.2, 0.25) is 5.91 Å². The quantitative estimate of drug-likeness (QED) is 0.332. The smallest absolute Gasteiger partial charge is 0.310 e. The molecule has 0 spiro atoms. The first-order valence-corrected chi connectivity index (χ1v) is 11.1. The average molecular weight is 487 g/mol. The van der Waals surface area contributed by atoms with Crippen LogP contribution in [-0.2, 0) is 17.4 Å². The van der Waals surface area contributed by atoms with E-state index in [4.69, 9.17) is 0 Å². The number of alkyl halides is 3. The molecule has 0 radical (unpaired) electrons. The molecule has 4 heterocycles. The molecule has 0 aliphatic rings. The Bertz CT molecular complexity index is 1540. The largest absolute Gasteiger partial charge is 0.416 e. The number of benzene rings is 1. The number of imidazole rings is 1. The third-order valence-electron chi connectivity index (χ3n) is 5.69. The number of halogens is 3. The zero-order chi connectivity index (χ0) is 25.3. The van der Waals surface area contributed by atoms with Crippen molar-refractivity contribution in [3.63, 3.8) is 0 Å². The van der Waals surface area contributed by atoms with Gasteiger partial charge in [-0.2, -0.15) is 13.2 Å². The highest BCUT2D eigenvalue weighted by molar-refractivity contribution is 5.91. The van der Waals surface area contributed by atoms with Crippen LogP contribution in [0.3, 0.4) is 0 Å². The first kappa shape index (κ1) is 23.2. The number of nitrogens with zero attached hydrogens (tertiary/aromatic N) is 4. The Morgan fingerprint density at radius 3 is 2.42 bits per heavy atom. The fourth-order valence-electron chi connectivity index (χ4n) is 3.98. The SMILES string of the molecule is Cc1cc(C(F)(F)F)cc(NC(=O)Cc2ccc(-c3cnc4cc(-c5ccncc5)ccn34)cc2)n1. The fourth-order valence-corrected chi connectivity index (χ4v) is 3.98. The van der Waals surface area contributed by atoms with Crippen LogP contribution in [0.1, 0.15) is 16.8 Å². The van der Waals surface area contributed by atoms with Gasteiger partial charge in [-0.15, -0.1) is 0 Å². The van der Waals surface area contributed by atoms with Crippen LogP contribution >= 0.6 is 0 Å². The number of hydrogen-bond acceptors (Lipinski definition) is 4. The molecule has 9 heteroatoms. The minimum absolute atomic E-state index is 0.000299. The lowest BCUT2D eigenvalue weighted by molar-refractivity contribution is -0.137. The molecule has 4 aromatic heterocycles. The first-order valence-electron chi connectivity index (χ1n) is 11.1. The standard InChI is InChI=1S/C27H20F3N5O/c1-17-12-22(27(28,29)30)15-24(33-17)34-26(36)13-18-2-4-20(5-3-18)23-16-32-25-14-21(8-11-35(23)25)19-6-9-31-10-7-19/h2-12,14-16H,13H2,1H3,(H,33,34,36). The Kier molecular flexibility index (Phi) is 5.97. The summed E-state index contributed by atoms with van der Waals surface area (Å²) in [5.41, 5.74) is 4.73. The molecule has 0 bridgehead atoms. The molecule has 0 fully saturated rings. The van der Waals surface area contributed by atoms with Gasteiger partial charge in [0.15, 0.2) is 0 Å². The Balaban J connectivity index is 1.30. The van der Waals surface area contributed by atoms with Crippen molar-refractivity contribution in [1.29, 1.82) is 0 Å². The summed E-state index contributed by atoms with van der Waals surface area (Å²) in [5.74, 6) is -0.576. The molecule has 0 unspecified atom stereocenters. The van der Waals surface area contributed by atoms with Gasteiger partial charge in [-0.05, 0) is 60.0 Å². The number of aryl methyl sites for hydroxylation is 1. The molecule has 1 amide bonds. The molecule has 180 valence electrons. The molecule has 0 aliphatic heterocycles. The van der Waals surface area contributed by atoms with Gasteiger partial charge in [0.25, 0.3) is 0 Å². The summed E-state index contributed by atoms with van der Waals surface area (Å²) in [5, 5.41) is 2.46. The van der Waals surface area contributed by atoms with Crippen LogP contribution in [0.5, 0.6) is 0 Å². The Morgan fingerprint density at radius 2 is 1.69 bits per heavy atom. The predicted octanol–water partition coefficient (Wildman–Crippen LogP) is 5.97. The van der Waals surface area contributed by atoms with Crippen molar-refractivity contribution in [3.05, 3.63) is 102 Å². The van der Waals surface area contributed by atoms with Crippen LogP contribution in [-0.4, -0.2) is 25.3 Å². The van der Waals surface area contributed by atoms with Crippen molar-refractivity contribution in [3.8, 4) is 22.4 Å². The number of nitrogens with one attached hydrogen (secondary N) is 1. The summed E-state index contributed by atoms with van der Waals surface area (Å²) in [4.78, 5) is 25.0. The van der Waals surface area contributed by atoms with Gasteiger partial charge in [0, 0.05) is 29.8 Å². The highest BCUT2D eigenvalue weighted by Gasteiger charge is 2.31. The molecule has 0 atom stereocenters. The van der Waals surface area contributed by atoms with E-state index in [9.17, 15) is 18.0 Å². The maximum atomic E-state index is 13.0. The van der Waals surface area contributed by atoms with Crippen molar-refractivity contribution >= 4 is 17.4 Å². The molecule has 5 aromatic rings. The van der Waals surface area contributed by atoms with E-state index < -0.39 is 17.6 Å². The number of anilines is 1. The van der Waals surface area contributed by atoms with Crippen LogP contribution in [0.4, 0.5) is 19.0 Å². The van der Waals surface area contributed by atoms with Crippen LogP contribution in [0.25, 0.3) is 28.0 Å². The Hall–Kier alpha value is -4.53. The van der Waals surface area contributed by atoms with E-state index in [1.807, 2.05) is 59.1 Å². The molecule has 1 N–H and O–H groups in total. The number of hydrogen-bond donors (Lipinski definition) is 1. The van der Waals surface area contributed by atoms with Gasteiger partial charge in [0.05, 0.1) is 23.9 Å². The molecule has 1 aromatic carbocycles. The fraction of sp³-hybridized carbons (Fsp3) is 0.111. The van der Waals surface area contributed by atoms with Crippen molar-refractivity contribution in [2.45, 2.75) is 19.5 Å². The molecule has 6 nitrogen and oxygen atoms in total. The summed E-state index contributed by atoms with van der Waals surface area (Å²) in [6.07, 6.45) is 2.72. The number of carbonyl (C=O) groups is 1. The maximum absolute atomic E-state index is 13.0. The minimum atomic E-state index is -4.51. The zero-order valence-corrected chi connectivity index (χ0v) is 19.1. The lowest BCUT2D eigenvalue weighted by Crippen LogP contribution is -2.17. The van der Waals surface area contributed by atoms with E-state index in [2.05, 4.69) is 20.3 Å². The van der Waals surface area contributed by atoms with Crippen LogP contribution in [0.15, 0.2) is 85.5 Å². The maximum Gasteiger partial charge on any atom is 0.416 e. The monoisotopic (exact) mass is 487 g/mol. The topological polar surface area (TPSA) is 72.2 Å². The van der Waals surface area contributed by atoms with Crippen LogP contribution in [0.2, 0.25) is 0 Å². The summed E-state index contributed by atoms with van der Waals surface area (Å²) in [6, 6.07) is 17.0. The predicted molar refractivity (Wildman–Crippen MR) is 130 cm³/mol. The van der Waals surface area contributed by atoms with Gasteiger partial charge >= 0.3 is 6.18 Å². The van der Waals surface area contributed by atoms with E-state index in [-0.39, 0.29) is 17.9 Å². The van der Waals surface area contributed by atoms with E-state index in [0.717, 1.165) is 40.2 Å². The summed E-state index contributed by atoms with van der Waals surface area (Å²) in [7, 11) is 0. The number of aromatic nitrogens is 4. The number of rotatable bonds is 5. The molecule has 0 saturated heterocycles. The first-order chi connectivity index (χ1) is 17.3. The number of amides is 1. The lowest BCUT2D eigenvalue weighted by atomic mass is 10.1. The van der Waals surface area contributed by atoms with Gasteiger partial charge < -0.3 is 5.32 Å². The third-order valence-corrected chi connectivity index (χ3v) is 5.69. The van der Waals surface area contributed by atoms with Crippen molar-refractivity contribution in [2.75, 3.05) is 5.32 Å². The number of carbonyl (C=O) groups excluding carboxylic acids is 1. The van der Waals surface area contributed by atoms with E-state index in [0.29, 0.717) is 5.56 Å². The second kappa shape index (κ2) is 9.26. The van der Waals surface area contributed by atoms with Gasteiger partial charge in [-0.25, -0.2) is 9.97 Å². The zero-order valence-electron chi connectivity index (χ0n) is 19.1. The molecule has 5 rings (SSSR count). The summed E-state index contributed by atoms with van der Waals surface area (Å²) < 4.78 is 41.1. The second-order valence-electron chi connectivity index (χ2n) is 8.33. The molecule has 36 heavy (non-hydrogen) atoms. The van der Waals surface area contributed by atoms with E-state index in [1.165, 1.54) is 6.92 Å². The highest BCUT2D eigenvalue weighted by atomic mass is 19.4. The Labute approximate surface area is 204 Å². The van der Waals surface area contributed by atoms with Crippen molar-refractivity contribution < 1.29 is 18.0 Å². The summed E-state index contributed by atoms with van der Waals surface area (Å²) in [6.45, 7) is 1.45. The summed E-state index contributed by atoms with van der Waals surface area (Å²) >= 11 is 0. The lowest BCUT2D eigenvalue weighted by Gasteiger charge is -2.11. The molecular weight excluding hydrogens is 467 g/mol. The third kappa shape index (κ3) is 4.95. The molecular formula is C27H20F3N5O. The Morgan fingerprint density at radius 1 is 0.944 bits per heavy atom. The van der Waals surface area contributed by atoms with Gasteiger partial charge in [0.1, 0.15) is 11.5 Å². The average Bonchev–Trinajstić information content (AvgIpc) is 3.27. The van der Waals surface area contributed by atoms with Gasteiger partial charge in [-0.3, -0.25) is 14.2 Å².